The standard InChI is InChI=1S/C11H15BrClNO2S/c1-7-6-17-10(9(7)13)11(15)14-4-3-8(12)5-16-2/h6,8H,3-5H2,1-2H3,(H,14,15). The van der Waals surface area contributed by atoms with Gasteiger partial charge in [-0.2, -0.15) is 0 Å². The number of alkyl halides is 1. The Labute approximate surface area is 119 Å². The summed E-state index contributed by atoms with van der Waals surface area (Å²) in [5.74, 6) is -0.106. The van der Waals surface area contributed by atoms with Gasteiger partial charge in [0, 0.05) is 18.5 Å². The molecule has 0 saturated carbocycles. The summed E-state index contributed by atoms with van der Waals surface area (Å²) in [5.41, 5.74) is 0.944. The van der Waals surface area contributed by atoms with Crippen molar-refractivity contribution in [3.63, 3.8) is 0 Å². The second kappa shape index (κ2) is 7.36. The smallest absolute Gasteiger partial charge is 0.262 e. The Morgan fingerprint density at radius 3 is 2.94 bits per heavy atom. The maximum Gasteiger partial charge on any atom is 0.262 e. The van der Waals surface area contributed by atoms with Gasteiger partial charge in [0.1, 0.15) is 4.88 Å². The molecule has 0 radical (unpaired) electrons. The van der Waals surface area contributed by atoms with Crippen LogP contribution in [-0.2, 0) is 4.74 Å². The first-order valence-corrected chi connectivity index (χ1v) is 7.38. The lowest BCUT2D eigenvalue weighted by molar-refractivity contribution is 0.0956. The third-order valence-electron chi connectivity index (χ3n) is 2.20. The van der Waals surface area contributed by atoms with Crippen molar-refractivity contribution in [3.8, 4) is 0 Å². The molecule has 3 nitrogen and oxygen atoms in total. The van der Waals surface area contributed by atoms with Crippen LogP contribution in [0.1, 0.15) is 21.7 Å². The first kappa shape index (κ1) is 15.0. The fraction of sp³-hybridized carbons (Fsp3) is 0.545. The highest BCUT2D eigenvalue weighted by Gasteiger charge is 2.14. The summed E-state index contributed by atoms with van der Waals surface area (Å²) in [6.45, 7) is 3.13. The quantitative estimate of drug-likeness (QED) is 0.807. The van der Waals surface area contributed by atoms with Crippen molar-refractivity contribution in [1.29, 1.82) is 0 Å². The maximum absolute atomic E-state index is 11.8. The molecule has 6 heteroatoms. The zero-order valence-electron chi connectivity index (χ0n) is 9.76. The molecule has 17 heavy (non-hydrogen) atoms. The highest BCUT2D eigenvalue weighted by atomic mass is 79.9. The van der Waals surface area contributed by atoms with Crippen LogP contribution in [0, 0.1) is 6.92 Å². The van der Waals surface area contributed by atoms with Gasteiger partial charge in [-0.05, 0) is 24.3 Å². The van der Waals surface area contributed by atoms with Crippen molar-refractivity contribution in [2.45, 2.75) is 18.2 Å². The van der Waals surface area contributed by atoms with E-state index in [2.05, 4.69) is 21.2 Å². The molecule has 1 heterocycles. The van der Waals surface area contributed by atoms with Gasteiger partial charge in [0.15, 0.2) is 0 Å². The number of methoxy groups -OCH3 is 1. The molecule has 1 N–H and O–H groups in total. The lowest BCUT2D eigenvalue weighted by Crippen LogP contribution is -2.26. The molecular formula is C11H15BrClNO2S. The Kier molecular flexibility index (Phi) is 6.48. The topological polar surface area (TPSA) is 38.3 Å². The van der Waals surface area contributed by atoms with Crippen molar-refractivity contribution >= 4 is 44.8 Å². The molecule has 1 unspecified atom stereocenters. The van der Waals surface area contributed by atoms with Gasteiger partial charge < -0.3 is 10.1 Å². The number of ether oxygens (including phenoxy) is 1. The normalized spacial score (nSPS) is 12.5. The van der Waals surface area contributed by atoms with Crippen LogP contribution >= 0.6 is 38.9 Å². The Morgan fingerprint density at radius 1 is 1.71 bits per heavy atom. The number of carbonyl (C=O) groups excluding carboxylic acids is 1. The highest BCUT2D eigenvalue weighted by molar-refractivity contribution is 9.09. The molecular weight excluding hydrogens is 326 g/mol. The summed E-state index contributed by atoms with van der Waals surface area (Å²) in [7, 11) is 1.65. The lowest BCUT2D eigenvalue weighted by Gasteiger charge is -2.09. The zero-order chi connectivity index (χ0) is 12.8. The van der Waals surface area contributed by atoms with Crippen LogP contribution in [0.3, 0.4) is 0 Å². The van der Waals surface area contributed by atoms with Gasteiger partial charge in [0.2, 0.25) is 0 Å². The Bertz CT molecular complexity index is 384. The first-order valence-electron chi connectivity index (χ1n) is 5.21. The molecule has 0 bridgehead atoms. The summed E-state index contributed by atoms with van der Waals surface area (Å²) in [5, 5.41) is 5.28. The summed E-state index contributed by atoms with van der Waals surface area (Å²) in [6.07, 6.45) is 0.821. The third kappa shape index (κ3) is 4.58. The molecule has 1 rings (SSSR count). The van der Waals surface area contributed by atoms with Crippen LogP contribution in [0.2, 0.25) is 5.02 Å². The van der Waals surface area contributed by atoms with Crippen LogP contribution in [0.5, 0.6) is 0 Å². The number of rotatable bonds is 6. The van der Waals surface area contributed by atoms with Crippen LogP contribution in [0.25, 0.3) is 0 Å². The van der Waals surface area contributed by atoms with E-state index in [9.17, 15) is 4.79 Å². The van der Waals surface area contributed by atoms with Crippen molar-refractivity contribution in [3.05, 3.63) is 20.8 Å². The van der Waals surface area contributed by atoms with Gasteiger partial charge in [-0.3, -0.25) is 4.79 Å². The Hall–Kier alpha value is -0.100. The van der Waals surface area contributed by atoms with Gasteiger partial charge >= 0.3 is 0 Å². The molecule has 0 saturated heterocycles. The van der Waals surface area contributed by atoms with Crippen LogP contribution in [0.15, 0.2) is 5.38 Å². The van der Waals surface area contributed by atoms with Crippen molar-refractivity contribution in [2.75, 3.05) is 20.3 Å². The molecule has 0 aromatic carbocycles. The SMILES string of the molecule is COCC(Br)CCNC(=O)c1scc(C)c1Cl. The van der Waals surface area contributed by atoms with Crippen molar-refractivity contribution in [2.24, 2.45) is 0 Å². The maximum atomic E-state index is 11.8. The molecule has 1 atom stereocenters. The number of halogens is 2. The summed E-state index contributed by atoms with van der Waals surface area (Å²) >= 11 is 10.9. The van der Waals surface area contributed by atoms with E-state index in [1.807, 2.05) is 12.3 Å². The largest absolute Gasteiger partial charge is 0.384 e. The fourth-order valence-corrected chi connectivity index (χ4v) is 2.96. The minimum atomic E-state index is -0.106. The van der Waals surface area contributed by atoms with E-state index in [-0.39, 0.29) is 10.7 Å². The molecule has 1 aromatic heterocycles. The summed E-state index contributed by atoms with van der Waals surface area (Å²) in [4.78, 5) is 12.6. The van der Waals surface area contributed by atoms with Crippen LogP contribution in [0.4, 0.5) is 0 Å². The second-order valence-corrected chi connectivity index (χ2v) is 6.21. The van der Waals surface area contributed by atoms with Crippen LogP contribution < -0.4 is 5.32 Å². The van der Waals surface area contributed by atoms with Gasteiger partial charge in [-0.25, -0.2) is 0 Å². The summed E-state index contributed by atoms with van der Waals surface area (Å²) in [6, 6.07) is 0. The van der Waals surface area contributed by atoms with E-state index < -0.39 is 0 Å². The zero-order valence-corrected chi connectivity index (χ0v) is 12.9. The van der Waals surface area contributed by atoms with Gasteiger partial charge in [-0.15, -0.1) is 11.3 Å². The average Bonchev–Trinajstić information content (AvgIpc) is 2.60. The molecule has 0 aliphatic rings. The minimum Gasteiger partial charge on any atom is -0.384 e. The van der Waals surface area contributed by atoms with E-state index in [0.29, 0.717) is 23.1 Å². The fourth-order valence-electron chi connectivity index (χ4n) is 1.27. The number of aryl methyl sites for hydroxylation is 1. The number of nitrogens with one attached hydrogen (secondary N) is 1. The minimum absolute atomic E-state index is 0.106. The van der Waals surface area contributed by atoms with Crippen LogP contribution in [-0.4, -0.2) is 31.0 Å². The molecule has 0 aliphatic carbocycles. The van der Waals surface area contributed by atoms with E-state index in [4.69, 9.17) is 16.3 Å². The number of carbonyl (C=O) groups is 1. The number of hydrogen-bond acceptors (Lipinski definition) is 3. The van der Waals surface area contributed by atoms with Gasteiger partial charge in [-0.1, -0.05) is 27.5 Å². The number of amides is 1. The monoisotopic (exact) mass is 339 g/mol. The second-order valence-electron chi connectivity index (χ2n) is 3.66. The lowest BCUT2D eigenvalue weighted by atomic mass is 10.3. The summed E-state index contributed by atoms with van der Waals surface area (Å²) < 4.78 is 4.99. The predicted octanol–water partition coefficient (Wildman–Crippen LogP) is 3.24. The van der Waals surface area contributed by atoms with E-state index in [1.54, 1.807) is 7.11 Å². The average molecular weight is 341 g/mol. The van der Waals surface area contributed by atoms with Gasteiger partial charge in [0.05, 0.1) is 11.6 Å². The Balaban J connectivity index is 2.38. The van der Waals surface area contributed by atoms with Crippen molar-refractivity contribution in [1.82, 2.24) is 5.32 Å². The Morgan fingerprint density at radius 2 is 2.41 bits per heavy atom. The van der Waals surface area contributed by atoms with E-state index in [0.717, 1.165) is 12.0 Å². The van der Waals surface area contributed by atoms with E-state index >= 15 is 0 Å². The first-order chi connectivity index (χ1) is 8.06. The molecule has 0 fully saturated rings. The number of hydrogen-bond donors (Lipinski definition) is 1. The van der Waals surface area contributed by atoms with Gasteiger partial charge in [0.25, 0.3) is 5.91 Å². The molecule has 96 valence electrons. The predicted molar refractivity (Wildman–Crippen MR) is 75.6 cm³/mol. The molecule has 1 aromatic rings. The van der Waals surface area contributed by atoms with Crippen molar-refractivity contribution < 1.29 is 9.53 Å². The molecule has 0 spiro atoms. The molecule has 1 amide bonds. The number of thiophene rings is 1. The molecule has 0 aliphatic heterocycles. The highest BCUT2D eigenvalue weighted by Crippen LogP contribution is 2.26. The third-order valence-corrected chi connectivity index (χ3v) is 4.61. The van der Waals surface area contributed by atoms with E-state index in [1.165, 1.54) is 11.3 Å².